The van der Waals surface area contributed by atoms with E-state index in [0.29, 0.717) is 0 Å². The van der Waals surface area contributed by atoms with Gasteiger partial charge in [-0.15, -0.1) is 0 Å². The van der Waals surface area contributed by atoms with Gasteiger partial charge in [0.15, 0.2) is 0 Å². The topological polar surface area (TPSA) is 38.3 Å². The van der Waals surface area contributed by atoms with E-state index in [4.69, 9.17) is 8.83 Å². The van der Waals surface area contributed by atoms with Gasteiger partial charge in [0.1, 0.15) is 11.5 Å². The van der Waals surface area contributed by atoms with Gasteiger partial charge in [-0.05, 0) is 24.7 Å². The third-order valence-corrected chi connectivity index (χ3v) is 2.60. The molecule has 0 radical (unpaired) electrons. The summed E-state index contributed by atoms with van der Waals surface area (Å²) in [6, 6.07) is 6.10. The fraction of sp³-hybridized carbons (Fsp3) is 0.385. The zero-order chi connectivity index (χ0) is 11.4. The average Bonchev–Trinajstić information content (AvgIpc) is 2.97. The van der Waals surface area contributed by atoms with Crippen molar-refractivity contribution in [3.05, 3.63) is 47.8 Å². The van der Waals surface area contributed by atoms with E-state index in [0.717, 1.165) is 30.0 Å². The zero-order valence-corrected chi connectivity index (χ0v) is 9.69. The summed E-state index contributed by atoms with van der Waals surface area (Å²) in [5, 5.41) is 3.38. The maximum atomic E-state index is 5.77. The zero-order valence-electron chi connectivity index (χ0n) is 9.69. The lowest BCUT2D eigenvalue weighted by atomic mass is 10.1. The van der Waals surface area contributed by atoms with E-state index in [-0.39, 0.29) is 6.04 Å². The minimum Gasteiger partial charge on any atom is -0.472 e. The predicted molar refractivity (Wildman–Crippen MR) is 62.3 cm³/mol. The molecule has 0 aliphatic carbocycles. The third-order valence-electron chi connectivity index (χ3n) is 2.60. The molecule has 2 aromatic heterocycles. The highest BCUT2D eigenvalue weighted by molar-refractivity contribution is 5.23. The lowest BCUT2D eigenvalue weighted by Gasteiger charge is -2.13. The Morgan fingerprint density at radius 3 is 2.69 bits per heavy atom. The van der Waals surface area contributed by atoms with Gasteiger partial charge in [-0.3, -0.25) is 0 Å². The lowest BCUT2D eigenvalue weighted by Crippen LogP contribution is -2.20. The monoisotopic (exact) mass is 219 g/mol. The van der Waals surface area contributed by atoms with Crippen LogP contribution in [0.5, 0.6) is 0 Å². The molecule has 0 saturated heterocycles. The van der Waals surface area contributed by atoms with Crippen molar-refractivity contribution < 1.29 is 8.83 Å². The summed E-state index contributed by atoms with van der Waals surface area (Å²) < 4.78 is 10.9. The first-order chi connectivity index (χ1) is 7.85. The van der Waals surface area contributed by atoms with Gasteiger partial charge in [0.2, 0.25) is 0 Å². The third kappa shape index (κ3) is 2.19. The maximum absolute atomic E-state index is 5.77. The fourth-order valence-electron chi connectivity index (χ4n) is 1.77. The molecule has 0 bridgehead atoms. The first-order valence-corrected chi connectivity index (χ1v) is 5.69. The van der Waals surface area contributed by atoms with Gasteiger partial charge in [-0.25, -0.2) is 0 Å². The number of rotatable bonds is 5. The summed E-state index contributed by atoms with van der Waals surface area (Å²) >= 11 is 0. The van der Waals surface area contributed by atoms with E-state index < -0.39 is 0 Å². The summed E-state index contributed by atoms with van der Waals surface area (Å²) in [5.74, 6) is 1.96. The molecule has 0 saturated carbocycles. The van der Waals surface area contributed by atoms with Gasteiger partial charge < -0.3 is 14.2 Å². The molecular weight excluding hydrogens is 202 g/mol. The van der Waals surface area contributed by atoms with Crippen molar-refractivity contribution in [3.63, 3.8) is 0 Å². The van der Waals surface area contributed by atoms with Crippen molar-refractivity contribution in [2.75, 3.05) is 6.54 Å². The summed E-state index contributed by atoms with van der Waals surface area (Å²) in [6.07, 6.45) is 4.36. The molecule has 0 aromatic carbocycles. The van der Waals surface area contributed by atoms with Crippen LogP contribution in [0.25, 0.3) is 0 Å². The van der Waals surface area contributed by atoms with Gasteiger partial charge in [-0.1, -0.05) is 13.8 Å². The van der Waals surface area contributed by atoms with E-state index in [1.165, 1.54) is 0 Å². The molecule has 1 atom stereocenters. The van der Waals surface area contributed by atoms with Crippen LogP contribution in [-0.2, 0) is 6.42 Å². The molecule has 3 nitrogen and oxygen atoms in total. The van der Waals surface area contributed by atoms with Crippen LogP contribution in [0.2, 0.25) is 0 Å². The van der Waals surface area contributed by atoms with Crippen molar-refractivity contribution in [2.24, 2.45) is 0 Å². The van der Waals surface area contributed by atoms with Crippen molar-refractivity contribution in [1.29, 1.82) is 0 Å². The highest BCUT2D eigenvalue weighted by atomic mass is 16.3. The minimum atomic E-state index is 0.0871. The molecule has 2 rings (SSSR count). The van der Waals surface area contributed by atoms with E-state index in [1.54, 1.807) is 12.5 Å². The Morgan fingerprint density at radius 1 is 1.25 bits per heavy atom. The van der Waals surface area contributed by atoms with Crippen molar-refractivity contribution in [1.82, 2.24) is 5.32 Å². The van der Waals surface area contributed by atoms with Crippen LogP contribution in [-0.4, -0.2) is 6.54 Å². The Labute approximate surface area is 95.5 Å². The molecule has 86 valence electrons. The molecule has 2 heterocycles. The summed E-state index contributed by atoms with van der Waals surface area (Å²) in [7, 11) is 0. The Morgan fingerprint density at radius 2 is 2.12 bits per heavy atom. The van der Waals surface area contributed by atoms with Crippen molar-refractivity contribution in [3.8, 4) is 0 Å². The quantitative estimate of drug-likeness (QED) is 0.839. The molecule has 0 amide bonds. The maximum Gasteiger partial charge on any atom is 0.125 e. The fourth-order valence-corrected chi connectivity index (χ4v) is 1.77. The highest BCUT2D eigenvalue weighted by Gasteiger charge is 2.17. The van der Waals surface area contributed by atoms with Crippen LogP contribution >= 0.6 is 0 Å². The van der Waals surface area contributed by atoms with Crippen LogP contribution < -0.4 is 5.32 Å². The number of furan rings is 2. The molecule has 0 aliphatic rings. The molecule has 0 fully saturated rings. The average molecular weight is 219 g/mol. The van der Waals surface area contributed by atoms with Crippen molar-refractivity contribution in [2.45, 2.75) is 26.3 Å². The van der Waals surface area contributed by atoms with Crippen LogP contribution in [0, 0.1) is 0 Å². The van der Waals surface area contributed by atoms with Gasteiger partial charge in [0.25, 0.3) is 0 Å². The SMILES string of the molecule is CCNC(c1ccoc1)c1ccc(CC)o1. The molecule has 2 aromatic rings. The van der Waals surface area contributed by atoms with E-state index in [9.17, 15) is 0 Å². The molecule has 1 N–H and O–H groups in total. The van der Waals surface area contributed by atoms with E-state index in [2.05, 4.69) is 19.2 Å². The second-order valence-electron chi connectivity index (χ2n) is 3.71. The first-order valence-electron chi connectivity index (χ1n) is 5.69. The van der Waals surface area contributed by atoms with Crippen LogP contribution in [0.15, 0.2) is 39.6 Å². The summed E-state index contributed by atoms with van der Waals surface area (Å²) in [5.41, 5.74) is 1.10. The molecule has 0 spiro atoms. The largest absolute Gasteiger partial charge is 0.472 e. The standard InChI is InChI=1S/C13H17NO2/c1-3-11-5-6-12(16-11)13(14-4-2)10-7-8-15-9-10/h5-9,13-14H,3-4H2,1-2H3. The predicted octanol–water partition coefficient (Wildman–Crippen LogP) is 3.13. The van der Waals surface area contributed by atoms with Crippen LogP contribution in [0.4, 0.5) is 0 Å². The summed E-state index contributed by atoms with van der Waals surface area (Å²) in [4.78, 5) is 0. The van der Waals surface area contributed by atoms with Gasteiger partial charge >= 0.3 is 0 Å². The Bertz CT molecular complexity index is 417. The minimum absolute atomic E-state index is 0.0871. The lowest BCUT2D eigenvalue weighted by molar-refractivity contribution is 0.423. The first kappa shape index (κ1) is 11.0. The van der Waals surface area contributed by atoms with Crippen LogP contribution in [0.3, 0.4) is 0 Å². The van der Waals surface area contributed by atoms with E-state index in [1.807, 2.05) is 18.2 Å². The number of aryl methyl sites for hydroxylation is 1. The number of hydrogen-bond acceptors (Lipinski definition) is 3. The smallest absolute Gasteiger partial charge is 0.125 e. The van der Waals surface area contributed by atoms with Gasteiger partial charge in [0, 0.05) is 12.0 Å². The molecule has 1 unspecified atom stereocenters. The Balaban J connectivity index is 2.25. The summed E-state index contributed by atoms with van der Waals surface area (Å²) in [6.45, 7) is 5.05. The van der Waals surface area contributed by atoms with Gasteiger partial charge in [-0.2, -0.15) is 0 Å². The molecular formula is C13H17NO2. The van der Waals surface area contributed by atoms with Crippen LogP contribution in [0.1, 0.15) is 37.0 Å². The molecule has 0 aliphatic heterocycles. The normalized spacial score (nSPS) is 12.9. The molecule has 3 heteroatoms. The Hall–Kier alpha value is -1.48. The Kier molecular flexibility index (Phi) is 3.47. The van der Waals surface area contributed by atoms with Crippen molar-refractivity contribution >= 4 is 0 Å². The number of nitrogens with one attached hydrogen (secondary N) is 1. The second-order valence-corrected chi connectivity index (χ2v) is 3.71. The second kappa shape index (κ2) is 5.03. The van der Waals surface area contributed by atoms with E-state index >= 15 is 0 Å². The highest BCUT2D eigenvalue weighted by Crippen LogP contribution is 2.24. The van der Waals surface area contributed by atoms with Gasteiger partial charge in [0.05, 0.1) is 18.6 Å². The number of hydrogen-bond donors (Lipinski definition) is 1. The molecule has 16 heavy (non-hydrogen) atoms.